The largest absolute Gasteiger partial charge is 0.487 e. The van der Waals surface area contributed by atoms with Crippen molar-refractivity contribution in [3.05, 3.63) is 48.8 Å². The van der Waals surface area contributed by atoms with Gasteiger partial charge in [0.15, 0.2) is 5.58 Å². The predicted molar refractivity (Wildman–Crippen MR) is 84.1 cm³/mol. The van der Waals surface area contributed by atoms with E-state index in [1.165, 1.54) is 0 Å². The summed E-state index contributed by atoms with van der Waals surface area (Å²) >= 11 is 0. The van der Waals surface area contributed by atoms with E-state index in [2.05, 4.69) is 14.9 Å². The van der Waals surface area contributed by atoms with Crippen molar-refractivity contribution in [2.75, 3.05) is 18.0 Å². The molecule has 1 unspecified atom stereocenters. The second-order valence-electron chi connectivity index (χ2n) is 5.48. The summed E-state index contributed by atoms with van der Waals surface area (Å²) in [4.78, 5) is 10.8. The number of hydrogen-bond acceptors (Lipinski definition) is 5. The summed E-state index contributed by atoms with van der Waals surface area (Å²) in [5.74, 6) is 0.812. The number of oxazole rings is 1. The number of para-hydroxylation sites is 2. The van der Waals surface area contributed by atoms with Crippen LogP contribution in [-0.4, -0.2) is 29.2 Å². The second-order valence-corrected chi connectivity index (χ2v) is 5.48. The molecule has 0 N–H and O–H groups in total. The van der Waals surface area contributed by atoms with Crippen LogP contribution in [0.25, 0.3) is 11.1 Å². The van der Waals surface area contributed by atoms with Gasteiger partial charge in [-0.1, -0.05) is 12.1 Å². The maximum absolute atomic E-state index is 6.01. The van der Waals surface area contributed by atoms with Gasteiger partial charge in [-0.15, -0.1) is 0 Å². The number of piperidine rings is 1. The van der Waals surface area contributed by atoms with Gasteiger partial charge in [-0.05, 0) is 37.1 Å². The molecular formula is C17H17N3O2. The summed E-state index contributed by atoms with van der Waals surface area (Å²) in [5, 5.41) is 0. The Hall–Kier alpha value is -2.56. The normalized spacial score (nSPS) is 18.5. The van der Waals surface area contributed by atoms with Crippen molar-refractivity contribution < 1.29 is 9.15 Å². The van der Waals surface area contributed by atoms with Crippen molar-refractivity contribution in [2.45, 2.75) is 18.9 Å². The van der Waals surface area contributed by atoms with E-state index in [0.717, 1.165) is 42.8 Å². The summed E-state index contributed by atoms with van der Waals surface area (Å²) in [5.41, 5.74) is 1.72. The summed E-state index contributed by atoms with van der Waals surface area (Å²) in [6.45, 7) is 1.72. The van der Waals surface area contributed by atoms with Gasteiger partial charge in [0.2, 0.25) is 0 Å². The minimum absolute atomic E-state index is 0.132. The number of aromatic nitrogens is 2. The molecular weight excluding hydrogens is 278 g/mol. The van der Waals surface area contributed by atoms with E-state index in [9.17, 15) is 0 Å². The van der Waals surface area contributed by atoms with Crippen LogP contribution in [0.3, 0.4) is 0 Å². The fraction of sp³-hybridized carbons (Fsp3) is 0.294. The molecule has 3 aromatic rings. The molecule has 1 atom stereocenters. The van der Waals surface area contributed by atoms with E-state index in [0.29, 0.717) is 6.01 Å². The molecule has 0 bridgehead atoms. The topological polar surface area (TPSA) is 51.4 Å². The third-order valence-corrected chi connectivity index (χ3v) is 3.87. The highest BCUT2D eigenvalue weighted by atomic mass is 16.5. The van der Waals surface area contributed by atoms with Crippen LogP contribution >= 0.6 is 0 Å². The van der Waals surface area contributed by atoms with Crippen LogP contribution in [0, 0.1) is 0 Å². The van der Waals surface area contributed by atoms with E-state index in [4.69, 9.17) is 9.15 Å². The molecule has 2 aromatic heterocycles. The fourth-order valence-electron chi connectivity index (χ4n) is 2.81. The Balaban J connectivity index is 1.50. The Morgan fingerprint density at radius 2 is 2.14 bits per heavy atom. The lowest BCUT2D eigenvalue weighted by Gasteiger charge is -2.31. The molecule has 4 rings (SSSR count). The maximum Gasteiger partial charge on any atom is 0.298 e. The molecule has 0 spiro atoms. The molecule has 22 heavy (non-hydrogen) atoms. The summed E-state index contributed by atoms with van der Waals surface area (Å²) in [6.07, 6.45) is 5.72. The van der Waals surface area contributed by atoms with Gasteiger partial charge >= 0.3 is 0 Å². The molecule has 0 saturated carbocycles. The molecule has 1 fully saturated rings. The van der Waals surface area contributed by atoms with E-state index < -0.39 is 0 Å². The number of fused-ring (bicyclic) bond motifs is 1. The number of ether oxygens (including phenoxy) is 1. The Kier molecular flexibility index (Phi) is 3.39. The molecule has 1 aromatic carbocycles. The van der Waals surface area contributed by atoms with Crippen LogP contribution in [0.1, 0.15) is 12.8 Å². The van der Waals surface area contributed by atoms with E-state index in [-0.39, 0.29) is 6.10 Å². The first kappa shape index (κ1) is 13.1. The quantitative estimate of drug-likeness (QED) is 0.742. The van der Waals surface area contributed by atoms with E-state index in [1.807, 2.05) is 36.4 Å². The third kappa shape index (κ3) is 2.62. The molecule has 5 heteroatoms. The van der Waals surface area contributed by atoms with Crippen LogP contribution in [0.5, 0.6) is 5.75 Å². The van der Waals surface area contributed by atoms with Crippen LogP contribution in [0.2, 0.25) is 0 Å². The number of nitrogens with zero attached hydrogens (tertiary/aromatic N) is 3. The SMILES string of the molecule is c1cncc(OC2CCCN(c3nc4ccccc4o3)C2)c1. The van der Waals surface area contributed by atoms with E-state index >= 15 is 0 Å². The van der Waals surface area contributed by atoms with Crippen LogP contribution in [0.4, 0.5) is 6.01 Å². The first-order valence-electron chi connectivity index (χ1n) is 7.56. The Morgan fingerprint density at radius 3 is 3.00 bits per heavy atom. The monoisotopic (exact) mass is 295 g/mol. The fourth-order valence-corrected chi connectivity index (χ4v) is 2.81. The zero-order chi connectivity index (χ0) is 14.8. The Bertz CT molecular complexity index is 724. The third-order valence-electron chi connectivity index (χ3n) is 3.87. The van der Waals surface area contributed by atoms with Crippen LogP contribution in [-0.2, 0) is 0 Å². The molecule has 3 heterocycles. The predicted octanol–water partition coefficient (Wildman–Crippen LogP) is 3.27. The number of pyridine rings is 1. The Labute approximate surface area is 128 Å². The molecule has 1 aliphatic heterocycles. The van der Waals surface area contributed by atoms with Crippen LogP contribution < -0.4 is 9.64 Å². The number of anilines is 1. The number of hydrogen-bond donors (Lipinski definition) is 0. The van der Waals surface area contributed by atoms with Crippen molar-refractivity contribution >= 4 is 17.1 Å². The second kappa shape index (κ2) is 5.67. The average Bonchev–Trinajstić information content (AvgIpc) is 3.00. The molecule has 1 aliphatic rings. The Morgan fingerprint density at radius 1 is 1.18 bits per heavy atom. The molecule has 0 amide bonds. The van der Waals surface area contributed by atoms with E-state index in [1.54, 1.807) is 12.4 Å². The highest BCUT2D eigenvalue weighted by Crippen LogP contribution is 2.25. The van der Waals surface area contributed by atoms with Crippen LogP contribution in [0.15, 0.2) is 53.2 Å². The highest BCUT2D eigenvalue weighted by molar-refractivity contribution is 5.74. The molecule has 0 radical (unpaired) electrons. The number of rotatable bonds is 3. The van der Waals surface area contributed by atoms with Crippen molar-refractivity contribution in [1.82, 2.24) is 9.97 Å². The number of benzene rings is 1. The minimum atomic E-state index is 0.132. The van der Waals surface area contributed by atoms with Crippen molar-refractivity contribution in [2.24, 2.45) is 0 Å². The highest BCUT2D eigenvalue weighted by Gasteiger charge is 2.24. The van der Waals surface area contributed by atoms with Crippen molar-refractivity contribution in [1.29, 1.82) is 0 Å². The van der Waals surface area contributed by atoms with Gasteiger partial charge < -0.3 is 14.1 Å². The maximum atomic E-state index is 6.01. The van der Waals surface area contributed by atoms with Gasteiger partial charge in [-0.3, -0.25) is 4.98 Å². The van der Waals surface area contributed by atoms with Gasteiger partial charge in [0, 0.05) is 12.7 Å². The zero-order valence-corrected chi connectivity index (χ0v) is 12.2. The minimum Gasteiger partial charge on any atom is -0.487 e. The van der Waals surface area contributed by atoms with Gasteiger partial charge in [-0.2, -0.15) is 4.98 Å². The van der Waals surface area contributed by atoms with Gasteiger partial charge in [0.1, 0.15) is 17.4 Å². The summed E-state index contributed by atoms with van der Waals surface area (Å²) in [7, 11) is 0. The first-order chi connectivity index (χ1) is 10.9. The average molecular weight is 295 g/mol. The lowest BCUT2D eigenvalue weighted by Crippen LogP contribution is -2.41. The van der Waals surface area contributed by atoms with Gasteiger partial charge in [-0.25, -0.2) is 0 Å². The van der Waals surface area contributed by atoms with Gasteiger partial charge in [0.25, 0.3) is 6.01 Å². The lowest BCUT2D eigenvalue weighted by atomic mass is 10.1. The standard InChI is InChI=1S/C17H17N3O2/c1-2-8-16-15(7-1)19-17(22-16)20-10-4-6-14(12-20)21-13-5-3-9-18-11-13/h1-3,5,7-9,11,14H,4,6,10,12H2. The van der Waals surface area contributed by atoms with Crippen molar-refractivity contribution in [3.63, 3.8) is 0 Å². The first-order valence-corrected chi connectivity index (χ1v) is 7.56. The molecule has 1 saturated heterocycles. The summed E-state index contributed by atoms with van der Waals surface area (Å²) in [6, 6.07) is 12.3. The van der Waals surface area contributed by atoms with Gasteiger partial charge in [0.05, 0.1) is 12.7 Å². The lowest BCUT2D eigenvalue weighted by molar-refractivity contribution is 0.176. The summed E-state index contributed by atoms with van der Waals surface area (Å²) < 4.78 is 11.9. The molecule has 5 nitrogen and oxygen atoms in total. The molecule has 112 valence electrons. The van der Waals surface area contributed by atoms with Crippen molar-refractivity contribution in [3.8, 4) is 5.75 Å². The molecule has 0 aliphatic carbocycles. The zero-order valence-electron chi connectivity index (χ0n) is 12.2. The smallest absolute Gasteiger partial charge is 0.298 e.